The molecule has 0 N–H and O–H groups in total. The lowest BCUT2D eigenvalue weighted by Gasteiger charge is -2.18. The van der Waals surface area contributed by atoms with Gasteiger partial charge in [-0.1, -0.05) is 243 Å². The predicted octanol–water partition coefficient (Wildman–Crippen LogP) is 19.4. The number of hydrogen-bond acceptors (Lipinski definition) is 6. The Hall–Kier alpha value is -4.97. The van der Waals surface area contributed by atoms with E-state index in [0.717, 1.165) is 122 Å². The van der Waals surface area contributed by atoms with E-state index in [4.69, 9.17) is 14.2 Å². The van der Waals surface area contributed by atoms with Crippen molar-refractivity contribution in [3.63, 3.8) is 0 Å². The van der Waals surface area contributed by atoms with Crippen molar-refractivity contribution in [2.45, 2.75) is 226 Å². The van der Waals surface area contributed by atoms with Crippen molar-refractivity contribution in [2.24, 2.45) is 0 Å². The summed E-state index contributed by atoms with van der Waals surface area (Å²) in [5.41, 5.74) is 0. The highest BCUT2D eigenvalue weighted by atomic mass is 16.6. The van der Waals surface area contributed by atoms with Gasteiger partial charge in [0.25, 0.3) is 0 Å². The van der Waals surface area contributed by atoms with E-state index in [-0.39, 0.29) is 44.0 Å². The van der Waals surface area contributed by atoms with E-state index in [1.54, 1.807) is 0 Å². The van der Waals surface area contributed by atoms with Crippen molar-refractivity contribution in [1.82, 2.24) is 0 Å². The summed E-state index contributed by atoms with van der Waals surface area (Å²) in [5.74, 6) is -1.05. The summed E-state index contributed by atoms with van der Waals surface area (Å²) in [7, 11) is 0. The molecule has 0 aliphatic heterocycles. The first kappa shape index (κ1) is 67.0. The Kier molecular flexibility index (Phi) is 54.6. The zero-order chi connectivity index (χ0) is 52.2. The molecule has 0 spiro atoms. The molecule has 0 bridgehead atoms. The SMILES string of the molecule is CC/C=C\C/C=C\C/C=C\C/C=C\C/C=C\CCCCCC(=O)OCC(COC(=O)CCC/C=C\C/C=C\C/C=C\CCCCCCCC)OC(=O)CCCCCCC\C=C/C=C\C=C/C=C\C=C/CCC. The average Bonchev–Trinajstić information content (AvgIpc) is 3.38. The fourth-order valence-corrected chi connectivity index (χ4v) is 7.10. The second-order valence-electron chi connectivity index (χ2n) is 18.2. The quantitative estimate of drug-likeness (QED) is 0.0199. The molecule has 0 radical (unpaired) electrons. The van der Waals surface area contributed by atoms with Crippen LogP contribution < -0.4 is 0 Å². The van der Waals surface area contributed by atoms with E-state index in [2.05, 4.69) is 142 Å². The van der Waals surface area contributed by atoms with Crippen molar-refractivity contribution in [2.75, 3.05) is 13.2 Å². The van der Waals surface area contributed by atoms with Gasteiger partial charge in [-0.05, 0) is 116 Å². The van der Waals surface area contributed by atoms with Crippen LogP contribution in [-0.2, 0) is 28.6 Å². The molecule has 1 unspecified atom stereocenters. The maximum absolute atomic E-state index is 12.9. The standard InChI is InChI=1S/C66H102O6/c1-4-7-10-13-16-19-22-25-28-31-33-36-38-41-44-47-50-53-56-59-65(68)71-62-63(61-70-64(67)58-55-52-49-46-43-40-37-34-30-27-24-21-18-15-12-9-6-3)72-66(69)60-57-54-51-48-45-42-39-35-32-29-26-23-20-17-14-11-8-5-2/h7,10-11,14,16-17,19-20,23,25-30,32-33,35-37,39-41,44,46,49,63H,4-6,8-9,12-13,15,18,21-22,24,31,34,38,42-43,45,47-48,50-62H2,1-3H3/b10-7-,14-11-,19-16-,20-17-,26-23-,28-25-,30-27-,32-29-,36-33-,39-35-,40-37-,44-41-,49-46-. The van der Waals surface area contributed by atoms with E-state index in [1.165, 1.54) is 51.4 Å². The van der Waals surface area contributed by atoms with Crippen LogP contribution in [0.3, 0.4) is 0 Å². The van der Waals surface area contributed by atoms with E-state index in [9.17, 15) is 14.4 Å². The molecule has 0 aromatic carbocycles. The third-order valence-electron chi connectivity index (χ3n) is 11.3. The van der Waals surface area contributed by atoms with E-state index in [0.29, 0.717) is 12.8 Å². The zero-order valence-electron chi connectivity index (χ0n) is 45.9. The van der Waals surface area contributed by atoms with Crippen LogP contribution in [0.2, 0.25) is 0 Å². The van der Waals surface area contributed by atoms with Gasteiger partial charge in [-0.15, -0.1) is 0 Å². The van der Waals surface area contributed by atoms with Crippen LogP contribution >= 0.6 is 0 Å². The van der Waals surface area contributed by atoms with Gasteiger partial charge in [0.1, 0.15) is 13.2 Å². The number of unbranched alkanes of at least 4 members (excludes halogenated alkanes) is 16. The molecular formula is C66H102O6. The average molecular weight is 992 g/mol. The highest BCUT2D eigenvalue weighted by Gasteiger charge is 2.19. The van der Waals surface area contributed by atoms with Gasteiger partial charge in [0.05, 0.1) is 0 Å². The molecule has 0 heterocycles. The minimum absolute atomic E-state index is 0.129. The van der Waals surface area contributed by atoms with Gasteiger partial charge in [0.2, 0.25) is 0 Å². The Morgan fingerprint density at radius 2 is 0.639 bits per heavy atom. The van der Waals surface area contributed by atoms with Crippen LogP contribution in [0.25, 0.3) is 0 Å². The monoisotopic (exact) mass is 991 g/mol. The summed E-state index contributed by atoms with van der Waals surface area (Å²) in [6.07, 6.45) is 85.1. The largest absolute Gasteiger partial charge is 0.462 e. The fraction of sp³-hybridized carbons (Fsp3) is 0.561. The minimum atomic E-state index is -0.835. The molecule has 72 heavy (non-hydrogen) atoms. The lowest BCUT2D eigenvalue weighted by molar-refractivity contribution is -0.167. The lowest BCUT2D eigenvalue weighted by Crippen LogP contribution is -2.30. The maximum Gasteiger partial charge on any atom is 0.306 e. The van der Waals surface area contributed by atoms with Crippen LogP contribution in [0.5, 0.6) is 0 Å². The van der Waals surface area contributed by atoms with Crippen molar-refractivity contribution in [1.29, 1.82) is 0 Å². The number of carbonyl (C=O) groups is 3. The van der Waals surface area contributed by atoms with Crippen molar-refractivity contribution >= 4 is 17.9 Å². The van der Waals surface area contributed by atoms with E-state index < -0.39 is 6.10 Å². The number of esters is 3. The van der Waals surface area contributed by atoms with Gasteiger partial charge in [0.15, 0.2) is 6.10 Å². The molecule has 0 aromatic rings. The second kappa shape index (κ2) is 58.6. The maximum atomic E-state index is 12.9. The molecular weight excluding hydrogens is 889 g/mol. The lowest BCUT2D eigenvalue weighted by atomic mass is 10.1. The summed E-state index contributed by atoms with van der Waals surface area (Å²) in [5, 5.41) is 0. The number of allylic oxidation sites excluding steroid dienone is 26. The van der Waals surface area contributed by atoms with Crippen LogP contribution in [-0.4, -0.2) is 37.2 Å². The first-order valence-electron chi connectivity index (χ1n) is 28.6. The first-order chi connectivity index (χ1) is 35.5. The van der Waals surface area contributed by atoms with Crippen molar-refractivity contribution in [3.05, 3.63) is 158 Å². The molecule has 0 amide bonds. The fourth-order valence-electron chi connectivity index (χ4n) is 7.10. The molecule has 0 aliphatic carbocycles. The third kappa shape index (κ3) is 56.0. The summed E-state index contributed by atoms with van der Waals surface area (Å²) in [6.45, 7) is 6.32. The summed E-state index contributed by atoms with van der Waals surface area (Å²) < 4.78 is 16.8. The molecule has 402 valence electrons. The Morgan fingerprint density at radius 1 is 0.306 bits per heavy atom. The molecule has 0 fully saturated rings. The number of carbonyl (C=O) groups excluding carboxylic acids is 3. The third-order valence-corrected chi connectivity index (χ3v) is 11.3. The Morgan fingerprint density at radius 3 is 1.10 bits per heavy atom. The van der Waals surface area contributed by atoms with Crippen LogP contribution in [0.1, 0.15) is 220 Å². The van der Waals surface area contributed by atoms with Crippen LogP contribution in [0, 0.1) is 0 Å². The Labute approximate surface area is 441 Å². The Bertz CT molecular complexity index is 1660. The summed E-state index contributed by atoms with van der Waals surface area (Å²) in [4.78, 5) is 38.2. The smallest absolute Gasteiger partial charge is 0.306 e. The number of rotatable bonds is 49. The molecule has 0 saturated carbocycles. The number of hydrogen-bond donors (Lipinski definition) is 0. The van der Waals surface area contributed by atoms with Crippen LogP contribution in [0.4, 0.5) is 0 Å². The highest BCUT2D eigenvalue weighted by Crippen LogP contribution is 2.12. The normalized spacial score (nSPS) is 13.3. The van der Waals surface area contributed by atoms with Crippen LogP contribution in [0.15, 0.2) is 158 Å². The van der Waals surface area contributed by atoms with Gasteiger partial charge in [-0.25, -0.2) is 0 Å². The summed E-state index contributed by atoms with van der Waals surface area (Å²) in [6, 6.07) is 0. The molecule has 0 aromatic heterocycles. The molecule has 6 nitrogen and oxygen atoms in total. The van der Waals surface area contributed by atoms with Gasteiger partial charge >= 0.3 is 17.9 Å². The molecule has 0 rings (SSSR count). The molecule has 0 saturated heterocycles. The van der Waals surface area contributed by atoms with Gasteiger partial charge < -0.3 is 14.2 Å². The minimum Gasteiger partial charge on any atom is -0.462 e. The molecule has 1 atom stereocenters. The molecule has 0 aliphatic rings. The van der Waals surface area contributed by atoms with E-state index in [1.807, 2.05) is 36.5 Å². The van der Waals surface area contributed by atoms with E-state index >= 15 is 0 Å². The first-order valence-corrected chi connectivity index (χ1v) is 28.6. The molecule has 6 heteroatoms. The van der Waals surface area contributed by atoms with Crippen molar-refractivity contribution in [3.8, 4) is 0 Å². The Balaban J connectivity index is 4.62. The van der Waals surface area contributed by atoms with Gasteiger partial charge in [-0.3, -0.25) is 14.4 Å². The highest BCUT2D eigenvalue weighted by molar-refractivity contribution is 5.71. The van der Waals surface area contributed by atoms with Gasteiger partial charge in [-0.2, -0.15) is 0 Å². The second-order valence-corrected chi connectivity index (χ2v) is 18.2. The predicted molar refractivity (Wildman–Crippen MR) is 311 cm³/mol. The summed E-state index contributed by atoms with van der Waals surface area (Å²) >= 11 is 0. The van der Waals surface area contributed by atoms with Gasteiger partial charge in [0, 0.05) is 19.3 Å². The van der Waals surface area contributed by atoms with Crippen molar-refractivity contribution < 1.29 is 28.6 Å². The zero-order valence-corrected chi connectivity index (χ0v) is 45.9. The number of ether oxygens (including phenoxy) is 3. The topological polar surface area (TPSA) is 78.9 Å².